The van der Waals surface area contributed by atoms with Crippen LogP contribution >= 0.6 is 11.3 Å². The van der Waals surface area contributed by atoms with Crippen molar-refractivity contribution in [3.63, 3.8) is 0 Å². The van der Waals surface area contributed by atoms with Gasteiger partial charge in [0.2, 0.25) is 11.9 Å². The molecule has 2 aliphatic rings. The number of nitrogens with zero attached hydrogens (tertiary/aromatic N) is 5. The molecule has 3 aromatic heterocycles. The first-order valence-corrected chi connectivity index (χ1v) is 14.4. The van der Waals surface area contributed by atoms with Crippen LogP contribution in [0.2, 0.25) is 0 Å². The number of carbonyl (C=O) groups is 1. The summed E-state index contributed by atoms with van der Waals surface area (Å²) in [7, 11) is 0. The zero-order valence-electron chi connectivity index (χ0n) is 22.0. The van der Waals surface area contributed by atoms with Crippen molar-refractivity contribution in [2.45, 2.75) is 46.6 Å². The first kappa shape index (κ1) is 24.4. The number of amides is 1. The monoisotopic (exact) mass is 517 g/mol. The number of hydrogen-bond donors (Lipinski definition) is 0. The van der Waals surface area contributed by atoms with Gasteiger partial charge in [-0.15, -0.1) is 11.3 Å². The van der Waals surface area contributed by atoms with Gasteiger partial charge < -0.3 is 14.2 Å². The predicted octanol–water partition coefficient (Wildman–Crippen LogP) is 5.70. The lowest BCUT2D eigenvalue weighted by Crippen LogP contribution is -2.49. The Kier molecular flexibility index (Phi) is 6.63. The van der Waals surface area contributed by atoms with Crippen LogP contribution in [0.3, 0.4) is 0 Å². The third-order valence-corrected chi connectivity index (χ3v) is 8.72. The van der Waals surface area contributed by atoms with Gasteiger partial charge in [0.05, 0.1) is 21.5 Å². The van der Waals surface area contributed by atoms with Crippen LogP contribution in [0.5, 0.6) is 0 Å². The minimum Gasteiger partial charge on any atom is -0.461 e. The summed E-state index contributed by atoms with van der Waals surface area (Å²) in [6.45, 7) is 12.2. The van der Waals surface area contributed by atoms with E-state index in [-0.39, 0.29) is 11.8 Å². The topological polar surface area (TPSA) is 65.7 Å². The number of carbonyl (C=O) groups excluding carboxylic acids is 1. The number of fused-ring (bicyclic) bond motifs is 2. The molecule has 7 nitrogen and oxygen atoms in total. The second-order valence-corrected chi connectivity index (χ2v) is 11.5. The maximum absolute atomic E-state index is 12.4. The molecule has 0 unspecified atom stereocenters. The van der Waals surface area contributed by atoms with E-state index in [1.54, 1.807) is 11.3 Å². The Balaban J connectivity index is 1.38. The molecule has 0 bridgehead atoms. The highest BCUT2D eigenvalue weighted by Gasteiger charge is 2.26. The number of piperazine rings is 1. The molecular formula is C29H35N5O2S. The summed E-state index contributed by atoms with van der Waals surface area (Å²) in [5.74, 6) is 2.04. The van der Waals surface area contributed by atoms with Gasteiger partial charge in [-0.25, -0.2) is 9.97 Å². The van der Waals surface area contributed by atoms with Gasteiger partial charge >= 0.3 is 0 Å². The van der Waals surface area contributed by atoms with Crippen molar-refractivity contribution >= 4 is 44.4 Å². The van der Waals surface area contributed by atoms with Gasteiger partial charge in [-0.05, 0) is 37.6 Å². The molecule has 0 atom stereocenters. The van der Waals surface area contributed by atoms with Gasteiger partial charge in [0.15, 0.2) is 0 Å². The highest BCUT2D eigenvalue weighted by molar-refractivity contribution is 7.17. The van der Waals surface area contributed by atoms with E-state index >= 15 is 0 Å². The molecule has 37 heavy (non-hydrogen) atoms. The number of thiophene rings is 1. The van der Waals surface area contributed by atoms with Crippen molar-refractivity contribution < 1.29 is 9.21 Å². The number of rotatable bonds is 5. The van der Waals surface area contributed by atoms with Gasteiger partial charge in [-0.2, -0.15) is 0 Å². The number of aryl methyl sites for hydroxylation is 1. The molecule has 0 spiro atoms. The molecule has 6 rings (SSSR count). The summed E-state index contributed by atoms with van der Waals surface area (Å²) < 4.78 is 7.28. The van der Waals surface area contributed by atoms with Crippen LogP contribution in [-0.4, -0.2) is 64.9 Å². The van der Waals surface area contributed by atoms with Crippen molar-refractivity contribution in [1.29, 1.82) is 0 Å². The Morgan fingerprint density at radius 1 is 1.03 bits per heavy atom. The average molecular weight is 518 g/mol. The fourth-order valence-electron chi connectivity index (χ4n) is 5.67. The third kappa shape index (κ3) is 4.61. The van der Waals surface area contributed by atoms with Gasteiger partial charge in [-0.3, -0.25) is 9.69 Å². The summed E-state index contributed by atoms with van der Waals surface area (Å²) in [6.07, 6.45) is 3.63. The summed E-state index contributed by atoms with van der Waals surface area (Å²) >= 11 is 1.73. The zero-order chi connectivity index (χ0) is 25.5. The summed E-state index contributed by atoms with van der Waals surface area (Å²) in [4.78, 5) is 29.6. The molecule has 2 saturated heterocycles. The van der Waals surface area contributed by atoms with Crippen molar-refractivity contribution in [2.75, 3.05) is 44.2 Å². The summed E-state index contributed by atoms with van der Waals surface area (Å²) in [5, 5.41) is 3.36. The van der Waals surface area contributed by atoms with Crippen LogP contribution < -0.4 is 4.90 Å². The van der Waals surface area contributed by atoms with E-state index in [2.05, 4.69) is 27.3 Å². The number of aromatic nitrogens is 2. The number of benzene rings is 1. The van der Waals surface area contributed by atoms with Gasteiger partial charge in [0.1, 0.15) is 11.3 Å². The molecular weight excluding hydrogens is 482 g/mol. The van der Waals surface area contributed by atoms with Gasteiger partial charge in [-0.1, -0.05) is 32.0 Å². The Hall–Kier alpha value is -2.97. The third-order valence-electron chi connectivity index (χ3n) is 7.70. The van der Waals surface area contributed by atoms with Crippen molar-refractivity contribution in [3.05, 3.63) is 41.0 Å². The predicted molar refractivity (Wildman–Crippen MR) is 150 cm³/mol. The molecule has 0 N–H and O–H groups in total. The lowest BCUT2D eigenvalue weighted by atomic mass is 10.1. The van der Waals surface area contributed by atoms with Crippen LogP contribution in [0.15, 0.2) is 34.1 Å². The zero-order valence-corrected chi connectivity index (χ0v) is 22.8. The highest BCUT2D eigenvalue weighted by atomic mass is 32.1. The normalized spacial score (nSPS) is 17.4. The fourth-order valence-corrected chi connectivity index (χ4v) is 6.66. The molecule has 0 radical (unpaired) electrons. The fraction of sp³-hybridized carbons (Fsp3) is 0.483. The average Bonchev–Trinajstić information content (AvgIpc) is 3.48. The minimum absolute atomic E-state index is 0.0538. The Labute approximate surface area is 222 Å². The molecule has 0 aliphatic carbocycles. The Morgan fingerprint density at radius 2 is 1.78 bits per heavy atom. The lowest BCUT2D eigenvalue weighted by Gasteiger charge is -2.35. The van der Waals surface area contributed by atoms with Gasteiger partial charge in [0.25, 0.3) is 0 Å². The van der Waals surface area contributed by atoms with E-state index in [1.165, 1.54) is 24.8 Å². The largest absolute Gasteiger partial charge is 0.461 e. The molecule has 1 aromatic carbocycles. The Bertz CT molecular complexity index is 1430. The van der Waals surface area contributed by atoms with E-state index in [0.29, 0.717) is 0 Å². The number of para-hydroxylation sites is 1. The number of piperidine rings is 1. The van der Waals surface area contributed by atoms with Crippen LogP contribution in [0.1, 0.15) is 44.4 Å². The van der Waals surface area contributed by atoms with E-state index < -0.39 is 0 Å². The second-order valence-electron chi connectivity index (χ2n) is 10.6. The standard InChI is InChI=1S/C29H35N5O2S/c1-19(2)28(35)33-15-13-32(14-16-33)17-21-18-37-27-25(21)30-29(34-11-7-4-8-12-34)31-26(27)24-20(3)36-23-10-6-5-9-22(23)24/h5-6,9-10,18-19H,4,7-8,11-17H2,1-3H3. The molecule has 1 amide bonds. The number of anilines is 1. The van der Waals surface area contributed by atoms with Crippen LogP contribution in [0.4, 0.5) is 5.95 Å². The van der Waals surface area contributed by atoms with Crippen molar-refractivity contribution in [2.24, 2.45) is 5.92 Å². The van der Waals surface area contributed by atoms with Crippen molar-refractivity contribution in [3.8, 4) is 11.3 Å². The molecule has 2 aliphatic heterocycles. The molecule has 194 valence electrons. The quantitative estimate of drug-likeness (QED) is 0.338. The lowest BCUT2D eigenvalue weighted by molar-refractivity contribution is -0.136. The van der Waals surface area contributed by atoms with Crippen molar-refractivity contribution in [1.82, 2.24) is 19.8 Å². The van der Waals surface area contributed by atoms with E-state index in [4.69, 9.17) is 14.4 Å². The van der Waals surface area contributed by atoms with E-state index in [1.807, 2.05) is 37.8 Å². The van der Waals surface area contributed by atoms with E-state index in [9.17, 15) is 4.79 Å². The number of furan rings is 1. The molecule has 4 aromatic rings. The molecule has 5 heterocycles. The van der Waals surface area contributed by atoms with E-state index in [0.717, 1.165) is 90.0 Å². The molecule has 2 fully saturated rings. The van der Waals surface area contributed by atoms with Crippen LogP contribution in [-0.2, 0) is 11.3 Å². The van der Waals surface area contributed by atoms with Gasteiger partial charge in [0, 0.05) is 62.7 Å². The smallest absolute Gasteiger partial charge is 0.226 e. The SMILES string of the molecule is Cc1oc2ccccc2c1-c1nc(N2CCCCC2)nc2c(CN3CCN(C(=O)C(C)C)CC3)csc12. The summed E-state index contributed by atoms with van der Waals surface area (Å²) in [5.41, 5.74) is 5.26. The summed E-state index contributed by atoms with van der Waals surface area (Å²) in [6, 6.07) is 8.23. The first-order valence-electron chi connectivity index (χ1n) is 13.5. The van der Waals surface area contributed by atoms with Crippen LogP contribution in [0, 0.1) is 12.8 Å². The second kappa shape index (κ2) is 10.1. The molecule has 0 saturated carbocycles. The first-order chi connectivity index (χ1) is 18.0. The highest BCUT2D eigenvalue weighted by Crippen LogP contribution is 2.41. The maximum atomic E-state index is 12.4. The molecule has 8 heteroatoms. The number of hydrogen-bond acceptors (Lipinski definition) is 7. The maximum Gasteiger partial charge on any atom is 0.226 e. The minimum atomic E-state index is 0.0538. The van der Waals surface area contributed by atoms with Crippen LogP contribution in [0.25, 0.3) is 32.4 Å². The Morgan fingerprint density at radius 3 is 2.54 bits per heavy atom.